The Hall–Kier alpha value is -2.72. The van der Waals surface area contributed by atoms with Gasteiger partial charge in [-0.15, -0.1) is 0 Å². The van der Waals surface area contributed by atoms with Gasteiger partial charge in [0, 0.05) is 10.2 Å². The molecule has 2 aromatic carbocycles. The maximum Gasteiger partial charge on any atom is 0.341 e. The Bertz CT molecular complexity index is 833. The summed E-state index contributed by atoms with van der Waals surface area (Å²) in [6.45, 7) is 1.37. The summed E-state index contributed by atoms with van der Waals surface area (Å²) in [5.41, 5.74) is 0.524. The van der Waals surface area contributed by atoms with Crippen molar-refractivity contribution in [1.82, 2.24) is 0 Å². The van der Waals surface area contributed by atoms with Crippen LogP contribution in [0.4, 0.5) is 10.1 Å². The summed E-state index contributed by atoms with van der Waals surface area (Å²) in [4.78, 5) is 24.0. The van der Waals surface area contributed by atoms with Crippen molar-refractivity contribution in [3.05, 3.63) is 63.9 Å². The molecule has 0 spiro atoms. The zero-order valence-corrected chi connectivity index (χ0v) is 14.1. The highest BCUT2D eigenvalue weighted by Crippen LogP contribution is 2.17. The minimum atomic E-state index is -1.13. The number of hydrogen-bond donors (Lipinski definition) is 1. The second kappa shape index (κ2) is 7.70. The van der Waals surface area contributed by atoms with Crippen LogP contribution in [0.2, 0.25) is 0 Å². The number of ether oxygens (including phenoxy) is 1. The SMILES string of the molecule is C[C@H](OC(=O)c1ccc(Br)cc1F)C(=O)Nc1cccc(C#N)c1. The Balaban J connectivity index is 2.03. The summed E-state index contributed by atoms with van der Waals surface area (Å²) in [5.74, 6) is -2.27. The zero-order chi connectivity index (χ0) is 17.7. The molecule has 0 saturated carbocycles. The van der Waals surface area contributed by atoms with Gasteiger partial charge in [0.05, 0.1) is 17.2 Å². The molecule has 1 amide bonds. The molecule has 1 atom stereocenters. The summed E-state index contributed by atoms with van der Waals surface area (Å²) in [5, 5.41) is 11.4. The summed E-state index contributed by atoms with van der Waals surface area (Å²) in [7, 11) is 0. The molecule has 0 fully saturated rings. The number of nitriles is 1. The van der Waals surface area contributed by atoms with Gasteiger partial charge in [0.1, 0.15) is 5.82 Å². The van der Waals surface area contributed by atoms with Crippen LogP contribution in [0.15, 0.2) is 46.9 Å². The molecule has 0 aliphatic carbocycles. The Morgan fingerprint density at radius 2 is 2.04 bits per heavy atom. The van der Waals surface area contributed by atoms with Gasteiger partial charge in [0.25, 0.3) is 5.91 Å². The first-order chi connectivity index (χ1) is 11.4. The van der Waals surface area contributed by atoms with Crippen molar-refractivity contribution in [2.24, 2.45) is 0 Å². The van der Waals surface area contributed by atoms with Crippen LogP contribution in [0.1, 0.15) is 22.8 Å². The number of nitrogens with one attached hydrogen (secondary N) is 1. The van der Waals surface area contributed by atoms with Gasteiger partial charge in [-0.3, -0.25) is 4.79 Å². The molecule has 0 aliphatic rings. The smallest absolute Gasteiger partial charge is 0.341 e. The molecule has 1 N–H and O–H groups in total. The first kappa shape index (κ1) is 17.6. The highest BCUT2D eigenvalue weighted by atomic mass is 79.9. The summed E-state index contributed by atoms with van der Waals surface area (Å²) >= 11 is 3.09. The highest BCUT2D eigenvalue weighted by molar-refractivity contribution is 9.10. The zero-order valence-electron chi connectivity index (χ0n) is 12.5. The summed E-state index contributed by atoms with van der Waals surface area (Å²) in [6, 6.07) is 12.1. The quantitative estimate of drug-likeness (QED) is 0.808. The van der Waals surface area contributed by atoms with Gasteiger partial charge in [0.15, 0.2) is 6.10 Å². The number of rotatable bonds is 4. The molecule has 0 radical (unpaired) electrons. The van der Waals surface area contributed by atoms with E-state index in [1.54, 1.807) is 18.2 Å². The van der Waals surface area contributed by atoms with Crippen molar-refractivity contribution in [3.63, 3.8) is 0 Å². The molecule has 0 bridgehead atoms. The van der Waals surface area contributed by atoms with Gasteiger partial charge >= 0.3 is 5.97 Å². The van der Waals surface area contributed by atoms with Crippen molar-refractivity contribution in [1.29, 1.82) is 5.26 Å². The van der Waals surface area contributed by atoms with E-state index in [2.05, 4.69) is 21.2 Å². The van der Waals surface area contributed by atoms with E-state index in [0.29, 0.717) is 15.7 Å². The van der Waals surface area contributed by atoms with Gasteiger partial charge in [0.2, 0.25) is 0 Å². The number of esters is 1. The standard InChI is InChI=1S/C17H12BrFN2O3/c1-10(16(22)21-13-4-2-3-11(7-13)9-20)24-17(23)14-6-5-12(18)8-15(14)19/h2-8,10H,1H3,(H,21,22)/t10-/m0/s1. The molecular formula is C17H12BrFN2O3. The van der Waals surface area contributed by atoms with Gasteiger partial charge in [-0.05, 0) is 43.3 Å². The molecular weight excluding hydrogens is 379 g/mol. The molecule has 0 aliphatic heterocycles. The number of carbonyl (C=O) groups is 2. The van der Waals surface area contributed by atoms with E-state index >= 15 is 0 Å². The lowest BCUT2D eigenvalue weighted by Gasteiger charge is -2.14. The van der Waals surface area contributed by atoms with Crippen molar-refractivity contribution in [2.45, 2.75) is 13.0 Å². The van der Waals surface area contributed by atoms with Crippen LogP contribution in [-0.4, -0.2) is 18.0 Å². The third-order valence-electron chi connectivity index (χ3n) is 3.06. The average Bonchev–Trinajstić information content (AvgIpc) is 2.54. The van der Waals surface area contributed by atoms with Crippen LogP contribution in [0.3, 0.4) is 0 Å². The van der Waals surface area contributed by atoms with Crippen LogP contribution >= 0.6 is 15.9 Å². The fraction of sp³-hybridized carbons (Fsp3) is 0.118. The van der Waals surface area contributed by atoms with Crippen LogP contribution in [-0.2, 0) is 9.53 Å². The van der Waals surface area contributed by atoms with Crippen molar-refractivity contribution in [3.8, 4) is 6.07 Å². The number of nitrogens with zero attached hydrogens (tertiary/aromatic N) is 1. The van der Waals surface area contributed by atoms with Crippen molar-refractivity contribution < 1.29 is 18.7 Å². The van der Waals surface area contributed by atoms with Gasteiger partial charge in [-0.25, -0.2) is 9.18 Å². The maximum atomic E-state index is 13.7. The number of anilines is 1. The predicted molar refractivity (Wildman–Crippen MR) is 88.8 cm³/mol. The number of halogens is 2. The lowest BCUT2D eigenvalue weighted by molar-refractivity contribution is -0.123. The van der Waals surface area contributed by atoms with E-state index in [1.165, 1.54) is 25.1 Å². The van der Waals surface area contributed by atoms with Crippen molar-refractivity contribution in [2.75, 3.05) is 5.32 Å². The van der Waals surface area contributed by atoms with Gasteiger partial charge < -0.3 is 10.1 Å². The molecule has 24 heavy (non-hydrogen) atoms. The Morgan fingerprint density at radius 1 is 1.29 bits per heavy atom. The first-order valence-corrected chi connectivity index (χ1v) is 7.67. The van der Waals surface area contributed by atoms with E-state index in [4.69, 9.17) is 10.00 Å². The first-order valence-electron chi connectivity index (χ1n) is 6.88. The number of benzene rings is 2. The fourth-order valence-corrected chi connectivity index (χ4v) is 2.18. The fourth-order valence-electron chi connectivity index (χ4n) is 1.84. The molecule has 7 heteroatoms. The number of carbonyl (C=O) groups excluding carboxylic acids is 2. The highest BCUT2D eigenvalue weighted by Gasteiger charge is 2.21. The molecule has 5 nitrogen and oxygen atoms in total. The van der Waals surface area contributed by atoms with Crippen LogP contribution in [0, 0.1) is 17.1 Å². The summed E-state index contributed by atoms with van der Waals surface area (Å²) in [6.07, 6.45) is -1.13. The molecule has 122 valence electrons. The maximum absolute atomic E-state index is 13.7. The van der Waals surface area contributed by atoms with E-state index in [9.17, 15) is 14.0 Å². The van der Waals surface area contributed by atoms with Crippen LogP contribution < -0.4 is 5.32 Å². The minimum absolute atomic E-state index is 0.260. The predicted octanol–water partition coefficient (Wildman–Crippen LogP) is 3.64. The Morgan fingerprint density at radius 3 is 2.71 bits per heavy atom. The molecule has 0 heterocycles. The third-order valence-corrected chi connectivity index (χ3v) is 3.56. The van der Waals surface area contributed by atoms with E-state index in [0.717, 1.165) is 6.07 Å². The topological polar surface area (TPSA) is 79.2 Å². The lowest BCUT2D eigenvalue weighted by atomic mass is 10.2. The van der Waals surface area contributed by atoms with E-state index < -0.39 is 23.8 Å². The summed E-state index contributed by atoms with van der Waals surface area (Å²) < 4.78 is 19.2. The van der Waals surface area contributed by atoms with Crippen molar-refractivity contribution >= 4 is 33.5 Å². The molecule has 2 aromatic rings. The molecule has 0 unspecified atom stereocenters. The second-order valence-corrected chi connectivity index (χ2v) is 5.77. The normalized spacial score (nSPS) is 11.2. The minimum Gasteiger partial charge on any atom is -0.449 e. The monoisotopic (exact) mass is 390 g/mol. The number of amides is 1. The van der Waals surface area contributed by atoms with E-state index in [1.807, 2.05) is 6.07 Å². The van der Waals surface area contributed by atoms with Gasteiger partial charge in [-0.2, -0.15) is 5.26 Å². The van der Waals surface area contributed by atoms with Crippen LogP contribution in [0.5, 0.6) is 0 Å². The Kier molecular flexibility index (Phi) is 5.66. The number of hydrogen-bond acceptors (Lipinski definition) is 4. The average molecular weight is 391 g/mol. The largest absolute Gasteiger partial charge is 0.449 e. The third kappa shape index (κ3) is 4.40. The molecule has 0 saturated heterocycles. The molecule has 0 aromatic heterocycles. The van der Waals surface area contributed by atoms with Crippen LogP contribution in [0.25, 0.3) is 0 Å². The Labute approximate surface area is 146 Å². The lowest BCUT2D eigenvalue weighted by Crippen LogP contribution is -2.30. The molecule has 2 rings (SSSR count). The van der Waals surface area contributed by atoms with E-state index in [-0.39, 0.29) is 5.56 Å². The second-order valence-electron chi connectivity index (χ2n) is 4.85. The van der Waals surface area contributed by atoms with Gasteiger partial charge in [-0.1, -0.05) is 22.0 Å².